The molecule has 0 saturated heterocycles. The van der Waals surface area contributed by atoms with Crippen LogP contribution in [-0.2, 0) is 28.6 Å². The largest absolute Gasteiger partial charge is 0.357 e. The second kappa shape index (κ2) is 13.1. The number of benzene rings is 2. The molecule has 0 heterocycles. The fraction of sp³-hybridized carbons (Fsp3) is 0.381. The zero-order valence-corrected chi connectivity index (χ0v) is 21.0. The van der Waals surface area contributed by atoms with Gasteiger partial charge in [-0.3, -0.25) is 0 Å². The summed E-state index contributed by atoms with van der Waals surface area (Å²) >= 11 is 6.18. The molecule has 0 atom stereocenters. The summed E-state index contributed by atoms with van der Waals surface area (Å²) in [6.07, 6.45) is 2.87. The van der Waals surface area contributed by atoms with Crippen LogP contribution in [0.15, 0.2) is 47.5 Å². The number of hydrogen-bond acceptors (Lipinski definition) is 3. The highest BCUT2D eigenvalue weighted by Crippen LogP contribution is 2.17. The molecule has 0 saturated carbocycles. The summed E-state index contributed by atoms with van der Waals surface area (Å²) in [4.78, 5) is 4.48. The number of halogens is 3. The number of nitrogens with zero attached hydrogens (tertiary/aromatic N) is 1. The Balaban J connectivity index is 0.00000450. The highest BCUT2D eigenvalue weighted by Gasteiger charge is 2.11. The molecule has 5 nitrogen and oxygen atoms in total. The van der Waals surface area contributed by atoms with Crippen molar-refractivity contribution in [1.82, 2.24) is 10.6 Å². The van der Waals surface area contributed by atoms with Gasteiger partial charge in [-0.1, -0.05) is 35.9 Å². The van der Waals surface area contributed by atoms with Crippen molar-refractivity contribution in [3.63, 3.8) is 0 Å². The second-order valence-corrected chi connectivity index (χ2v) is 9.35. The van der Waals surface area contributed by atoms with Crippen molar-refractivity contribution >= 4 is 51.4 Å². The fourth-order valence-electron chi connectivity index (χ4n) is 2.86. The first-order valence-electron chi connectivity index (χ1n) is 9.49. The SMILES string of the molecule is CCNC(=NCc1cc(F)ccc1CS(C)(=O)=O)NCCCc1ccccc1Cl.I. The molecule has 166 valence electrons. The van der Waals surface area contributed by atoms with Crippen molar-refractivity contribution in [1.29, 1.82) is 0 Å². The summed E-state index contributed by atoms with van der Waals surface area (Å²) in [5, 5.41) is 7.15. The van der Waals surface area contributed by atoms with Gasteiger partial charge in [0.05, 0.1) is 12.3 Å². The Bertz CT molecular complexity index is 955. The van der Waals surface area contributed by atoms with Crippen molar-refractivity contribution in [2.24, 2.45) is 4.99 Å². The molecule has 0 aliphatic heterocycles. The zero-order valence-electron chi connectivity index (χ0n) is 17.1. The minimum Gasteiger partial charge on any atom is -0.357 e. The first kappa shape index (κ1) is 26.6. The maximum absolute atomic E-state index is 13.7. The Hall–Kier alpha value is -1.39. The van der Waals surface area contributed by atoms with Crippen molar-refractivity contribution in [3.05, 3.63) is 70.0 Å². The van der Waals surface area contributed by atoms with Crippen molar-refractivity contribution < 1.29 is 12.8 Å². The molecule has 2 N–H and O–H groups in total. The third-order valence-corrected chi connectivity index (χ3v) is 5.42. The maximum atomic E-state index is 13.7. The third-order valence-electron chi connectivity index (χ3n) is 4.21. The molecule has 0 unspecified atom stereocenters. The van der Waals surface area contributed by atoms with Crippen LogP contribution in [0, 0.1) is 5.82 Å². The van der Waals surface area contributed by atoms with Crippen LogP contribution < -0.4 is 10.6 Å². The van der Waals surface area contributed by atoms with E-state index < -0.39 is 15.7 Å². The second-order valence-electron chi connectivity index (χ2n) is 6.80. The van der Waals surface area contributed by atoms with Gasteiger partial charge in [0.1, 0.15) is 5.82 Å². The summed E-state index contributed by atoms with van der Waals surface area (Å²) in [7, 11) is -3.22. The van der Waals surface area contributed by atoms with E-state index in [1.54, 1.807) is 0 Å². The number of sulfone groups is 1. The first-order valence-corrected chi connectivity index (χ1v) is 11.9. The number of aryl methyl sites for hydroxylation is 1. The molecular formula is C21H28ClFIN3O2S. The number of guanidine groups is 1. The molecule has 2 rings (SSSR count). The lowest BCUT2D eigenvalue weighted by Gasteiger charge is -2.13. The van der Waals surface area contributed by atoms with E-state index in [2.05, 4.69) is 15.6 Å². The Morgan fingerprint density at radius 1 is 1.10 bits per heavy atom. The number of nitrogens with one attached hydrogen (secondary N) is 2. The Morgan fingerprint density at radius 2 is 1.83 bits per heavy atom. The lowest BCUT2D eigenvalue weighted by atomic mass is 10.1. The molecule has 30 heavy (non-hydrogen) atoms. The van der Waals surface area contributed by atoms with Gasteiger partial charge in [0.15, 0.2) is 15.8 Å². The molecule has 9 heteroatoms. The van der Waals surface area contributed by atoms with Crippen LogP contribution in [0.2, 0.25) is 5.02 Å². The fourth-order valence-corrected chi connectivity index (χ4v) is 3.93. The van der Waals surface area contributed by atoms with Crippen molar-refractivity contribution in [2.45, 2.75) is 32.1 Å². The van der Waals surface area contributed by atoms with Gasteiger partial charge < -0.3 is 10.6 Å². The van der Waals surface area contributed by atoms with Crippen LogP contribution in [0.4, 0.5) is 4.39 Å². The van der Waals surface area contributed by atoms with Gasteiger partial charge in [0.2, 0.25) is 0 Å². The van der Waals surface area contributed by atoms with Gasteiger partial charge in [-0.05, 0) is 54.7 Å². The topological polar surface area (TPSA) is 70.6 Å². The summed E-state index contributed by atoms with van der Waals surface area (Å²) in [6, 6.07) is 11.9. The van der Waals surface area contributed by atoms with Crippen LogP contribution in [0.1, 0.15) is 30.0 Å². The molecule has 0 amide bonds. The molecule has 0 aliphatic rings. The smallest absolute Gasteiger partial charge is 0.191 e. The molecule has 0 aliphatic carbocycles. The van der Waals surface area contributed by atoms with Gasteiger partial charge in [0, 0.05) is 24.4 Å². The van der Waals surface area contributed by atoms with Crippen LogP contribution >= 0.6 is 35.6 Å². The highest BCUT2D eigenvalue weighted by atomic mass is 127. The Morgan fingerprint density at radius 3 is 2.50 bits per heavy atom. The summed E-state index contributed by atoms with van der Waals surface area (Å²) in [5.74, 6) is 0.0475. The van der Waals surface area contributed by atoms with E-state index in [4.69, 9.17) is 11.6 Å². The molecule has 0 spiro atoms. The van der Waals surface area contributed by atoms with E-state index in [-0.39, 0.29) is 36.3 Å². The number of rotatable bonds is 9. The molecule has 0 bridgehead atoms. The van der Waals surface area contributed by atoms with Gasteiger partial charge >= 0.3 is 0 Å². The first-order chi connectivity index (χ1) is 13.8. The monoisotopic (exact) mass is 567 g/mol. The number of hydrogen-bond donors (Lipinski definition) is 2. The van der Waals surface area contributed by atoms with E-state index in [1.165, 1.54) is 18.2 Å². The normalized spacial score (nSPS) is 11.7. The van der Waals surface area contributed by atoms with Crippen LogP contribution in [0.3, 0.4) is 0 Å². The Labute approximate surface area is 200 Å². The molecule has 2 aromatic rings. The predicted octanol–water partition coefficient (Wildman–Crippen LogP) is 4.33. The zero-order chi connectivity index (χ0) is 21.3. The molecule has 0 radical (unpaired) electrons. The van der Waals surface area contributed by atoms with Gasteiger partial charge in [-0.25, -0.2) is 17.8 Å². The van der Waals surface area contributed by atoms with Gasteiger partial charge in [-0.2, -0.15) is 0 Å². The lowest BCUT2D eigenvalue weighted by molar-refractivity contribution is 0.600. The molecular weight excluding hydrogens is 540 g/mol. The van der Waals surface area contributed by atoms with E-state index in [1.807, 2.05) is 31.2 Å². The molecule has 0 aromatic heterocycles. The standard InChI is InChI=1S/C21H27ClFN3O2S.HI/c1-3-24-21(25-12-6-8-16-7-4-5-9-20(16)22)26-14-18-13-19(23)11-10-17(18)15-29(2,27)28;/h4-5,7,9-11,13H,3,6,8,12,14-15H2,1-2H3,(H2,24,25,26);1H. The maximum Gasteiger partial charge on any atom is 0.191 e. The van der Waals surface area contributed by atoms with Crippen LogP contribution in [-0.4, -0.2) is 33.7 Å². The predicted molar refractivity (Wildman–Crippen MR) is 133 cm³/mol. The highest BCUT2D eigenvalue weighted by molar-refractivity contribution is 14.0. The van der Waals surface area contributed by atoms with Gasteiger partial charge in [0.25, 0.3) is 0 Å². The third kappa shape index (κ3) is 9.61. The quantitative estimate of drug-likeness (QED) is 0.205. The van der Waals surface area contributed by atoms with E-state index in [9.17, 15) is 12.8 Å². The molecule has 2 aromatic carbocycles. The van der Waals surface area contributed by atoms with E-state index in [0.29, 0.717) is 30.2 Å². The molecule has 0 fully saturated rings. The van der Waals surface area contributed by atoms with E-state index in [0.717, 1.165) is 29.7 Å². The summed E-state index contributed by atoms with van der Waals surface area (Å²) in [6.45, 7) is 3.51. The van der Waals surface area contributed by atoms with Gasteiger partial charge in [-0.15, -0.1) is 24.0 Å². The van der Waals surface area contributed by atoms with Crippen LogP contribution in [0.25, 0.3) is 0 Å². The van der Waals surface area contributed by atoms with Crippen LogP contribution in [0.5, 0.6) is 0 Å². The Kier molecular flexibility index (Phi) is 11.6. The lowest BCUT2D eigenvalue weighted by Crippen LogP contribution is -2.37. The minimum atomic E-state index is -3.22. The number of aliphatic imine (C=N–C) groups is 1. The average molecular weight is 568 g/mol. The average Bonchev–Trinajstić information content (AvgIpc) is 2.65. The van der Waals surface area contributed by atoms with E-state index >= 15 is 0 Å². The summed E-state index contributed by atoms with van der Waals surface area (Å²) in [5.41, 5.74) is 2.22. The van der Waals surface area contributed by atoms with Crippen molar-refractivity contribution in [3.8, 4) is 0 Å². The summed E-state index contributed by atoms with van der Waals surface area (Å²) < 4.78 is 36.9. The minimum absolute atomic E-state index is 0. The van der Waals surface area contributed by atoms with Crippen molar-refractivity contribution in [2.75, 3.05) is 19.3 Å².